The van der Waals surface area contributed by atoms with Gasteiger partial charge in [0.05, 0.1) is 16.6 Å². The number of nitrogens with zero attached hydrogens (tertiary/aromatic N) is 1. The third kappa shape index (κ3) is 5.50. The van der Waals surface area contributed by atoms with E-state index in [4.69, 9.17) is 4.74 Å². The van der Waals surface area contributed by atoms with E-state index in [0.717, 1.165) is 34.6 Å². The second-order valence-electron chi connectivity index (χ2n) is 9.67. The molecule has 0 bridgehead atoms. The number of rotatable bonds is 7. The lowest BCUT2D eigenvalue weighted by Gasteiger charge is -2.39. The first-order valence-corrected chi connectivity index (χ1v) is 13.4. The van der Waals surface area contributed by atoms with Gasteiger partial charge in [0.25, 0.3) is 15.6 Å². The smallest absolute Gasteiger partial charge is 0.381 e. The second kappa shape index (κ2) is 10.4. The minimum absolute atomic E-state index is 0.0412. The van der Waals surface area contributed by atoms with Crippen LogP contribution in [-0.2, 0) is 31.6 Å². The molecule has 1 N–H and O–H groups in total. The molecule has 214 valence electrons. The number of alkyl halides is 6. The number of halogens is 7. The van der Waals surface area contributed by atoms with Gasteiger partial charge in [-0.1, -0.05) is 12.1 Å². The third-order valence-electron chi connectivity index (χ3n) is 7.01. The predicted octanol–water partition coefficient (Wildman–Crippen LogP) is 5.03. The summed E-state index contributed by atoms with van der Waals surface area (Å²) in [6, 6.07) is 4.31. The lowest BCUT2D eigenvalue weighted by Crippen LogP contribution is -2.54. The summed E-state index contributed by atoms with van der Waals surface area (Å²) in [7, 11) is -4.54. The summed E-state index contributed by atoms with van der Waals surface area (Å²) in [5, 5.41) is 9.82. The minimum atomic E-state index is -6.12. The normalized spacial score (nSPS) is 20.7. The molecule has 14 heteroatoms. The summed E-state index contributed by atoms with van der Waals surface area (Å²) in [6.45, 7) is 0.866. The van der Waals surface area contributed by atoms with Gasteiger partial charge in [0.1, 0.15) is 11.6 Å². The van der Waals surface area contributed by atoms with Crippen LogP contribution in [0.5, 0.6) is 0 Å². The number of anilines is 1. The zero-order chi connectivity index (χ0) is 28.8. The van der Waals surface area contributed by atoms with Crippen LogP contribution in [0, 0.1) is 11.7 Å². The lowest BCUT2D eigenvalue weighted by atomic mass is 9.87. The monoisotopic (exact) mass is 583 g/mol. The number of ketones is 1. The number of hydrogen-bond donors (Lipinski definition) is 1. The molecule has 2 aromatic carbocycles. The van der Waals surface area contributed by atoms with Crippen LogP contribution in [0.15, 0.2) is 47.4 Å². The van der Waals surface area contributed by atoms with Crippen LogP contribution < -0.4 is 4.31 Å². The Labute approximate surface area is 219 Å². The fraction of sp³-hybridized carbons (Fsp3) is 0.480. The van der Waals surface area contributed by atoms with Crippen LogP contribution >= 0.6 is 0 Å². The summed E-state index contributed by atoms with van der Waals surface area (Å²) < 4.78 is 128. The van der Waals surface area contributed by atoms with E-state index in [1.165, 1.54) is 0 Å². The van der Waals surface area contributed by atoms with Crippen molar-refractivity contribution in [2.45, 2.75) is 61.0 Å². The zero-order valence-corrected chi connectivity index (χ0v) is 21.0. The topological polar surface area (TPSA) is 83.9 Å². The van der Waals surface area contributed by atoms with E-state index in [1.807, 2.05) is 0 Å². The van der Waals surface area contributed by atoms with E-state index >= 15 is 0 Å². The van der Waals surface area contributed by atoms with Crippen LogP contribution in [0.2, 0.25) is 0 Å². The van der Waals surface area contributed by atoms with Crippen LogP contribution in [-0.4, -0.2) is 50.9 Å². The molecule has 0 aliphatic carbocycles. The largest absolute Gasteiger partial charge is 0.430 e. The molecule has 0 saturated carbocycles. The van der Waals surface area contributed by atoms with E-state index in [1.54, 1.807) is 0 Å². The SMILES string of the molecule is O=C(CC1CCOC1)C[C@@H]1CCc2cc(C(O)(C(F)(F)F)C(F)(F)F)ccc2N1S(=O)(=O)c1ccc(F)cc1. The predicted molar refractivity (Wildman–Crippen MR) is 124 cm³/mol. The average molecular weight is 584 g/mol. The van der Waals surface area contributed by atoms with Crippen molar-refractivity contribution in [1.29, 1.82) is 0 Å². The highest BCUT2D eigenvalue weighted by molar-refractivity contribution is 7.92. The van der Waals surface area contributed by atoms with Crippen molar-refractivity contribution >= 4 is 21.5 Å². The van der Waals surface area contributed by atoms with E-state index in [0.29, 0.717) is 31.8 Å². The molecule has 0 radical (unpaired) electrons. The zero-order valence-electron chi connectivity index (χ0n) is 20.2. The van der Waals surface area contributed by atoms with Gasteiger partial charge in [-0.05, 0) is 61.1 Å². The Hall–Kier alpha value is -2.71. The molecule has 4 rings (SSSR count). The van der Waals surface area contributed by atoms with Gasteiger partial charge in [-0.25, -0.2) is 12.8 Å². The molecule has 2 atom stereocenters. The van der Waals surface area contributed by atoms with Gasteiger partial charge in [0.15, 0.2) is 0 Å². The number of carbonyl (C=O) groups is 1. The van der Waals surface area contributed by atoms with Gasteiger partial charge >= 0.3 is 12.4 Å². The van der Waals surface area contributed by atoms with Crippen LogP contribution in [0.1, 0.15) is 36.8 Å². The fourth-order valence-electron chi connectivity index (χ4n) is 4.99. The first kappa shape index (κ1) is 29.3. The van der Waals surface area contributed by atoms with Crippen molar-refractivity contribution in [3.05, 3.63) is 59.4 Å². The molecule has 1 saturated heterocycles. The highest BCUT2D eigenvalue weighted by Crippen LogP contribution is 2.51. The number of hydrogen-bond acceptors (Lipinski definition) is 5. The van der Waals surface area contributed by atoms with Gasteiger partial charge in [-0.15, -0.1) is 0 Å². The van der Waals surface area contributed by atoms with Gasteiger partial charge in [-0.3, -0.25) is 9.10 Å². The Morgan fingerprint density at radius 2 is 1.62 bits per heavy atom. The molecule has 1 fully saturated rings. The Morgan fingerprint density at radius 3 is 2.18 bits per heavy atom. The molecule has 0 spiro atoms. The number of carbonyl (C=O) groups excluding carboxylic acids is 1. The number of Topliss-reactive ketones (excluding diaryl/α,β-unsaturated/α-hetero) is 1. The molecule has 2 aromatic rings. The molecule has 2 aliphatic heterocycles. The number of aryl methyl sites for hydroxylation is 1. The standard InChI is InChI=1S/C25H24F7NO5S/c26-18-3-6-21(7-4-18)39(36,37)33-19(13-20(34)11-15-9-10-38-14-15)5-1-16-12-17(2-8-22(16)33)23(35,24(27,28)29)25(30,31)32/h2-4,6-8,12,15,19,35H,1,5,9-11,13-14H2/t15?,19-/m0/s1. The van der Waals surface area contributed by atoms with Crippen LogP contribution in [0.25, 0.3) is 0 Å². The van der Waals surface area contributed by atoms with E-state index < -0.39 is 45.4 Å². The maximum atomic E-state index is 13.7. The van der Waals surface area contributed by atoms with Gasteiger partial charge in [0.2, 0.25) is 0 Å². The first-order chi connectivity index (χ1) is 18.1. The molecule has 0 aromatic heterocycles. The van der Waals surface area contributed by atoms with Crippen molar-refractivity contribution in [2.75, 3.05) is 17.5 Å². The average Bonchev–Trinajstić information content (AvgIpc) is 3.34. The highest BCUT2D eigenvalue weighted by atomic mass is 32.2. The molecular formula is C25H24F7NO5S. The van der Waals surface area contributed by atoms with E-state index in [9.17, 15) is 49.1 Å². The lowest BCUT2D eigenvalue weighted by molar-refractivity contribution is -0.376. The Morgan fingerprint density at radius 1 is 0.974 bits per heavy atom. The summed E-state index contributed by atoms with van der Waals surface area (Å²) in [5.41, 5.74) is -7.14. The van der Waals surface area contributed by atoms with Crippen molar-refractivity contribution in [1.82, 2.24) is 0 Å². The number of benzene rings is 2. The van der Waals surface area contributed by atoms with Crippen molar-refractivity contribution in [3.8, 4) is 0 Å². The number of fused-ring (bicyclic) bond motifs is 1. The Kier molecular flexibility index (Phi) is 7.78. The van der Waals surface area contributed by atoms with Crippen LogP contribution in [0.4, 0.5) is 36.4 Å². The summed E-state index contributed by atoms with van der Waals surface area (Å²) in [4.78, 5) is 12.4. The van der Waals surface area contributed by atoms with E-state index in [-0.39, 0.29) is 53.5 Å². The van der Waals surface area contributed by atoms with Gasteiger partial charge < -0.3 is 9.84 Å². The molecule has 0 amide bonds. The molecule has 2 heterocycles. The molecule has 2 aliphatic rings. The highest BCUT2D eigenvalue weighted by Gasteiger charge is 2.71. The molecular weight excluding hydrogens is 559 g/mol. The van der Waals surface area contributed by atoms with Crippen LogP contribution in [0.3, 0.4) is 0 Å². The minimum Gasteiger partial charge on any atom is -0.381 e. The number of ether oxygens (including phenoxy) is 1. The molecule has 1 unspecified atom stereocenters. The fourth-order valence-corrected chi connectivity index (χ4v) is 6.71. The number of aliphatic hydroxyl groups is 1. The molecule has 39 heavy (non-hydrogen) atoms. The number of sulfonamides is 1. The maximum Gasteiger partial charge on any atom is 0.430 e. The second-order valence-corrected chi connectivity index (χ2v) is 11.5. The van der Waals surface area contributed by atoms with Crippen molar-refractivity contribution in [3.63, 3.8) is 0 Å². The Balaban J connectivity index is 1.78. The summed E-state index contributed by atoms with van der Waals surface area (Å²) in [6.07, 6.45) is -12.0. The third-order valence-corrected chi connectivity index (χ3v) is 8.89. The molecule has 6 nitrogen and oxygen atoms in total. The van der Waals surface area contributed by atoms with Gasteiger partial charge in [-0.2, -0.15) is 26.3 Å². The maximum absolute atomic E-state index is 13.7. The first-order valence-electron chi connectivity index (χ1n) is 11.9. The van der Waals surface area contributed by atoms with Crippen molar-refractivity contribution in [2.24, 2.45) is 5.92 Å². The van der Waals surface area contributed by atoms with Crippen molar-refractivity contribution < 1.29 is 53.8 Å². The Bertz CT molecular complexity index is 1310. The van der Waals surface area contributed by atoms with E-state index in [2.05, 4.69) is 0 Å². The van der Waals surface area contributed by atoms with Gasteiger partial charge in [0, 0.05) is 31.6 Å². The summed E-state index contributed by atoms with van der Waals surface area (Å²) in [5.74, 6) is -1.05. The summed E-state index contributed by atoms with van der Waals surface area (Å²) >= 11 is 0. The quantitative estimate of drug-likeness (QED) is 0.463.